The van der Waals surface area contributed by atoms with Crippen LogP contribution in [0, 0.1) is 0 Å². The Kier molecular flexibility index (Phi) is 12.0. The number of benzene rings is 1. The van der Waals surface area contributed by atoms with Crippen molar-refractivity contribution in [1.82, 2.24) is 9.80 Å². The van der Waals surface area contributed by atoms with Gasteiger partial charge in [-0.2, -0.15) is 0 Å². The summed E-state index contributed by atoms with van der Waals surface area (Å²) in [6.45, 7) is 22.4. The molecular weight excluding hydrogens is 468 g/mol. The van der Waals surface area contributed by atoms with Crippen molar-refractivity contribution in [2.24, 2.45) is 0 Å². The largest absolute Gasteiger partial charge is 0.345 e. The molecule has 35 heavy (non-hydrogen) atoms. The smallest absolute Gasteiger partial charge is 0.232 e. The summed E-state index contributed by atoms with van der Waals surface area (Å²) >= 11 is 3.97. The van der Waals surface area contributed by atoms with Crippen molar-refractivity contribution < 1.29 is 4.79 Å². The maximum absolute atomic E-state index is 12.9. The van der Waals surface area contributed by atoms with Crippen molar-refractivity contribution in [3.8, 4) is 0 Å². The fourth-order valence-electron chi connectivity index (χ4n) is 4.58. The molecular formula is C30H52N2OS2. The van der Waals surface area contributed by atoms with Gasteiger partial charge in [-0.3, -0.25) is 4.79 Å². The average Bonchev–Trinajstić information content (AvgIpc) is 2.79. The van der Waals surface area contributed by atoms with E-state index in [4.69, 9.17) is 0 Å². The monoisotopic (exact) mass is 520 g/mol. The molecule has 0 heterocycles. The molecule has 1 aromatic carbocycles. The van der Waals surface area contributed by atoms with Crippen LogP contribution in [0.1, 0.15) is 98.6 Å². The van der Waals surface area contributed by atoms with Gasteiger partial charge in [-0.05, 0) is 73.0 Å². The summed E-state index contributed by atoms with van der Waals surface area (Å²) in [5.41, 5.74) is 3.13. The molecule has 2 unspecified atom stereocenters. The lowest BCUT2D eigenvalue weighted by atomic mass is 9.81. The molecule has 1 saturated carbocycles. The van der Waals surface area contributed by atoms with Crippen molar-refractivity contribution >= 4 is 29.4 Å². The molecule has 5 heteroatoms. The molecule has 200 valence electrons. The van der Waals surface area contributed by atoms with Crippen LogP contribution in [0.3, 0.4) is 0 Å². The highest BCUT2D eigenvalue weighted by molar-refractivity contribution is 8.04. The summed E-state index contributed by atoms with van der Waals surface area (Å²) < 4.78 is 0. The summed E-state index contributed by atoms with van der Waals surface area (Å²) in [6.07, 6.45) is 6.13. The van der Waals surface area contributed by atoms with Crippen LogP contribution in [0.5, 0.6) is 0 Å². The first-order chi connectivity index (χ1) is 16.3. The van der Waals surface area contributed by atoms with Gasteiger partial charge < -0.3 is 9.80 Å². The Hall–Kier alpha value is -0.650. The van der Waals surface area contributed by atoms with Crippen molar-refractivity contribution in [2.45, 2.75) is 114 Å². The second kappa shape index (κ2) is 13.8. The van der Waals surface area contributed by atoms with Crippen molar-refractivity contribution in [3.63, 3.8) is 0 Å². The Bertz CT molecular complexity index is 760. The Morgan fingerprint density at radius 1 is 0.886 bits per heavy atom. The zero-order valence-electron chi connectivity index (χ0n) is 24.1. The van der Waals surface area contributed by atoms with Crippen LogP contribution in [0.25, 0.3) is 0 Å². The fraction of sp³-hybridized carbons (Fsp3) is 0.767. The van der Waals surface area contributed by atoms with Crippen LogP contribution in [0.2, 0.25) is 0 Å². The van der Waals surface area contributed by atoms with Gasteiger partial charge in [0.05, 0.1) is 5.75 Å². The van der Waals surface area contributed by atoms with E-state index < -0.39 is 0 Å². The molecule has 0 N–H and O–H groups in total. The quantitative estimate of drug-likeness (QED) is 0.300. The van der Waals surface area contributed by atoms with Crippen LogP contribution in [-0.2, 0) is 15.6 Å². The number of hydrogen-bond donors (Lipinski definition) is 0. The second-order valence-electron chi connectivity index (χ2n) is 12.2. The lowest BCUT2D eigenvalue weighted by Crippen LogP contribution is -2.34. The van der Waals surface area contributed by atoms with Gasteiger partial charge in [0.25, 0.3) is 0 Å². The third-order valence-corrected chi connectivity index (χ3v) is 10.2. The van der Waals surface area contributed by atoms with Gasteiger partial charge >= 0.3 is 0 Å². The van der Waals surface area contributed by atoms with E-state index in [0.717, 1.165) is 32.6 Å². The summed E-state index contributed by atoms with van der Waals surface area (Å²) in [5, 5.41) is 1.13. The van der Waals surface area contributed by atoms with Crippen LogP contribution in [0.4, 0.5) is 0 Å². The van der Waals surface area contributed by atoms with Crippen LogP contribution in [0.15, 0.2) is 23.1 Å². The predicted octanol–water partition coefficient (Wildman–Crippen LogP) is 7.61. The van der Waals surface area contributed by atoms with Gasteiger partial charge in [-0.15, -0.1) is 23.5 Å². The van der Waals surface area contributed by atoms with Crippen LogP contribution >= 0.6 is 23.5 Å². The highest BCUT2D eigenvalue weighted by Crippen LogP contribution is 2.42. The standard InChI is InChI=1S/C30H52N2OS2/c1-10-32(11-2)18-14-17-31(9)28(33)22-34-26-15-12-13-16-27(26)35-25-20-23(29(3,4)5)19-24(21-25)30(6,7)8/h19-21,26-27H,10-18,22H2,1-9H3. The number of hydrogen-bond acceptors (Lipinski definition) is 4. The summed E-state index contributed by atoms with van der Waals surface area (Å²) in [7, 11) is 1.98. The van der Waals surface area contributed by atoms with E-state index in [9.17, 15) is 4.79 Å². The van der Waals surface area contributed by atoms with E-state index in [1.54, 1.807) is 0 Å². The fourth-order valence-corrected chi connectivity index (χ4v) is 7.56. The van der Waals surface area contributed by atoms with E-state index >= 15 is 0 Å². The molecule has 1 aromatic rings. The molecule has 0 spiro atoms. The van der Waals surface area contributed by atoms with E-state index in [2.05, 4.69) is 90.3 Å². The molecule has 1 aliphatic carbocycles. The maximum atomic E-state index is 12.9. The minimum atomic E-state index is 0.138. The molecule has 0 aromatic heterocycles. The first kappa shape index (κ1) is 30.6. The highest BCUT2D eigenvalue weighted by Gasteiger charge is 2.29. The number of nitrogens with zero attached hydrogens (tertiary/aromatic N) is 2. The van der Waals surface area contributed by atoms with Crippen LogP contribution in [-0.4, -0.2) is 65.2 Å². The van der Waals surface area contributed by atoms with Crippen molar-refractivity contribution in [2.75, 3.05) is 39.0 Å². The summed E-state index contributed by atoms with van der Waals surface area (Å²) in [5.74, 6) is 0.896. The zero-order valence-corrected chi connectivity index (χ0v) is 25.7. The molecule has 2 rings (SSSR count). The van der Waals surface area contributed by atoms with E-state index in [1.165, 1.54) is 41.7 Å². The van der Waals surface area contributed by atoms with Gasteiger partial charge in [0.15, 0.2) is 0 Å². The minimum Gasteiger partial charge on any atom is -0.345 e. The van der Waals surface area contributed by atoms with Gasteiger partial charge in [-0.25, -0.2) is 0 Å². The van der Waals surface area contributed by atoms with Gasteiger partial charge in [0, 0.05) is 29.0 Å². The first-order valence-corrected chi connectivity index (χ1v) is 15.7. The SMILES string of the molecule is CCN(CC)CCCN(C)C(=O)CSC1CCCCC1Sc1cc(C(C)(C)C)cc(C(C)(C)C)c1. The molecule has 1 amide bonds. The zero-order chi connectivity index (χ0) is 26.2. The Morgan fingerprint density at radius 2 is 1.43 bits per heavy atom. The Labute approximate surface area is 225 Å². The molecule has 1 fully saturated rings. The number of rotatable bonds is 11. The van der Waals surface area contributed by atoms with E-state index in [1.807, 2.05) is 23.7 Å². The summed E-state index contributed by atoms with van der Waals surface area (Å²) in [6, 6.07) is 7.25. The minimum absolute atomic E-state index is 0.138. The molecule has 3 nitrogen and oxygen atoms in total. The normalized spacial score (nSPS) is 19.3. The van der Waals surface area contributed by atoms with Crippen molar-refractivity contribution in [3.05, 3.63) is 29.3 Å². The second-order valence-corrected chi connectivity index (χ2v) is 14.8. The Morgan fingerprint density at radius 3 is 1.94 bits per heavy atom. The van der Waals surface area contributed by atoms with Gasteiger partial charge in [0.1, 0.15) is 0 Å². The molecule has 0 saturated heterocycles. The van der Waals surface area contributed by atoms with E-state index in [0.29, 0.717) is 16.3 Å². The third-order valence-electron chi connectivity index (χ3n) is 7.28. The number of amides is 1. The van der Waals surface area contributed by atoms with Gasteiger partial charge in [-0.1, -0.05) is 74.3 Å². The summed E-state index contributed by atoms with van der Waals surface area (Å²) in [4.78, 5) is 18.6. The lowest BCUT2D eigenvalue weighted by molar-refractivity contribution is -0.127. The molecule has 2 atom stereocenters. The third kappa shape index (κ3) is 9.97. The molecule has 0 radical (unpaired) electrons. The van der Waals surface area contributed by atoms with E-state index in [-0.39, 0.29) is 16.7 Å². The average molecular weight is 521 g/mol. The van der Waals surface area contributed by atoms with Crippen molar-refractivity contribution in [1.29, 1.82) is 0 Å². The number of thioether (sulfide) groups is 2. The predicted molar refractivity (Wildman–Crippen MR) is 158 cm³/mol. The maximum Gasteiger partial charge on any atom is 0.232 e. The number of carbonyl (C=O) groups excluding carboxylic acids is 1. The molecule has 0 aliphatic heterocycles. The number of carbonyl (C=O) groups is 1. The Balaban J connectivity index is 2.01. The lowest BCUT2D eigenvalue weighted by Gasteiger charge is -2.32. The van der Waals surface area contributed by atoms with Crippen LogP contribution < -0.4 is 0 Å². The molecule has 0 bridgehead atoms. The topological polar surface area (TPSA) is 23.6 Å². The van der Waals surface area contributed by atoms with Gasteiger partial charge in [0.2, 0.25) is 5.91 Å². The first-order valence-electron chi connectivity index (χ1n) is 13.8. The highest BCUT2D eigenvalue weighted by atomic mass is 32.2. The molecule has 1 aliphatic rings.